The van der Waals surface area contributed by atoms with E-state index in [2.05, 4.69) is 29.4 Å². The molecule has 0 unspecified atom stereocenters. The van der Waals surface area contributed by atoms with Gasteiger partial charge in [0.05, 0.1) is 18.0 Å². The number of tetrazole rings is 1. The van der Waals surface area contributed by atoms with Gasteiger partial charge in [0.2, 0.25) is 17.0 Å². The van der Waals surface area contributed by atoms with Crippen molar-refractivity contribution in [2.75, 3.05) is 32.4 Å². The third-order valence-corrected chi connectivity index (χ3v) is 5.39. The first-order valence-electron chi connectivity index (χ1n) is 9.40. The number of hydrogen-bond donors (Lipinski definition) is 0. The van der Waals surface area contributed by atoms with Crippen molar-refractivity contribution in [3.63, 3.8) is 0 Å². The van der Waals surface area contributed by atoms with Gasteiger partial charge in [-0.25, -0.2) is 0 Å². The van der Waals surface area contributed by atoms with E-state index in [1.54, 1.807) is 16.6 Å². The third-order valence-electron chi connectivity index (χ3n) is 4.48. The molecule has 152 valence electrons. The summed E-state index contributed by atoms with van der Waals surface area (Å²) in [6, 6.07) is 8.03. The van der Waals surface area contributed by atoms with Gasteiger partial charge in [0, 0.05) is 20.1 Å². The van der Waals surface area contributed by atoms with E-state index in [4.69, 9.17) is 0 Å². The number of amides is 2. The molecule has 0 bridgehead atoms. The van der Waals surface area contributed by atoms with E-state index in [0.29, 0.717) is 24.2 Å². The molecule has 0 N–H and O–H groups in total. The third kappa shape index (κ3) is 5.54. The Labute approximate surface area is 170 Å². The lowest BCUT2D eigenvalue weighted by molar-refractivity contribution is -0.137. The van der Waals surface area contributed by atoms with Crippen molar-refractivity contribution in [1.82, 2.24) is 30.0 Å². The van der Waals surface area contributed by atoms with Gasteiger partial charge in [0.25, 0.3) is 0 Å². The molecule has 0 radical (unpaired) electrons. The Kier molecular flexibility index (Phi) is 7.98. The van der Waals surface area contributed by atoms with Crippen molar-refractivity contribution in [2.24, 2.45) is 0 Å². The fourth-order valence-corrected chi connectivity index (χ4v) is 3.47. The zero-order chi connectivity index (χ0) is 20.7. The summed E-state index contributed by atoms with van der Waals surface area (Å²) >= 11 is 1.25. The van der Waals surface area contributed by atoms with Crippen LogP contribution in [-0.2, 0) is 9.59 Å². The second-order valence-corrected chi connectivity index (χ2v) is 7.67. The lowest BCUT2D eigenvalue weighted by Crippen LogP contribution is -2.41. The van der Waals surface area contributed by atoms with E-state index >= 15 is 0 Å². The number of hydrogen-bond acceptors (Lipinski definition) is 6. The molecule has 8 nitrogen and oxygen atoms in total. The van der Waals surface area contributed by atoms with Crippen LogP contribution in [0.5, 0.6) is 0 Å². The molecule has 2 aromatic rings. The molecule has 0 atom stereocenters. The summed E-state index contributed by atoms with van der Waals surface area (Å²) in [7, 11) is 1.64. The Hall–Kier alpha value is -2.42. The SMILES string of the molecule is CCN(CC)C(=O)CN(C)C(=O)CSc1nnnn1-c1ccc(C(C)C)cc1. The molecule has 2 amide bonds. The lowest BCUT2D eigenvalue weighted by atomic mass is 10.0. The highest BCUT2D eigenvalue weighted by Crippen LogP contribution is 2.21. The summed E-state index contributed by atoms with van der Waals surface area (Å²) in [6.45, 7) is 9.47. The largest absolute Gasteiger partial charge is 0.342 e. The van der Waals surface area contributed by atoms with E-state index < -0.39 is 0 Å². The van der Waals surface area contributed by atoms with Crippen molar-refractivity contribution < 1.29 is 9.59 Å². The Morgan fingerprint density at radius 3 is 2.32 bits per heavy atom. The summed E-state index contributed by atoms with van der Waals surface area (Å²) < 4.78 is 1.61. The quantitative estimate of drug-likeness (QED) is 0.596. The second kappa shape index (κ2) is 10.2. The van der Waals surface area contributed by atoms with Crippen LogP contribution in [0.3, 0.4) is 0 Å². The standard InChI is InChI=1S/C19H28N6O2S/c1-6-24(7-2)17(26)12-23(5)18(27)13-28-19-20-21-22-25(19)16-10-8-15(9-11-16)14(3)4/h8-11,14H,6-7,12-13H2,1-5H3. The van der Waals surface area contributed by atoms with Crippen molar-refractivity contribution in [2.45, 2.75) is 38.8 Å². The van der Waals surface area contributed by atoms with Crippen molar-refractivity contribution >= 4 is 23.6 Å². The molecule has 0 aliphatic heterocycles. The van der Waals surface area contributed by atoms with Crippen LogP contribution in [0.1, 0.15) is 39.2 Å². The fourth-order valence-electron chi connectivity index (χ4n) is 2.64. The monoisotopic (exact) mass is 404 g/mol. The number of benzene rings is 1. The maximum absolute atomic E-state index is 12.4. The minimum atomic E-state index is -0.143. The Balaban J connectivity index is 1.97. The molecule has 0 aliphatic carbocycles. The highest BCUT2D eigenvalue weighted by Gasteiger charge is 2.18. The van der Waals surface area contributed by atoms with Gasteiger partial charge in [-0.2, -0.15) is 4.68 Å². The van der Waals surface area contributed by atoms with Gasteiger partial charge in [0.15, 0.2) is 0 Å². The average Bonchev–Trinajstić information content (AvgIpc) is 3.15. The van der Waals surface area contributed by atoms with E-state index in [9.17, 15) is 9.59 Å². The van der Waals surface area contributed by atoms with Gasteiger partial charge in [0.1, 0.15) is 0 Å². The molecular weight excluding hydrogens is 376 g/mol. The summed E-state index contributed by atoms with van der Waals surface area (Å²) in [6.07, 6.45) is 0. The zero-order valence-electron chi connectivity index (χ0n) is 17.1. The lowest BCUT2D eigenvalue weighted by Gasteiger charge is -2.23. The summed E-state index contributed by atoms with van der Waals surface area (Å²) in [4.78, 5) is 27.7. The van der Waals surface area contributed by atoms with Crippen LogP contribution >= 0.6 is 11.8 Å². The van der Waals surface area contributed by atoms with E-state index in [-0.39, 0.29) is 24.1 Å². The van der Waals surface area contributed by atoms with Crippen LogP contribution in [-0.4, -0.2) is 74.3 Å². The maximum Gasteiger partial charge on any atom is 0.242 e. The van der Waals surface area contributed by atoms with E-state index in [0.717, 1.165) is 5.69 Å². The molecule has 0 fully saturated rings. The van der Waals surface area contributed by atoms with Crippen LogP contribution in [0.15, 0.2) is 29.4 Å². The Bertz CT molecular complexity index is 786. The minimum Gasteiger partial charge on any atom is -0.342 e. The van der Waals surface area contributed by atoms with Crippen LogP contribution in [0, 0.1) is 0 Å². The Morgan fingerprint density at radius 2 is 1.75 bits per heavy atom. The number of rotatable bonds is 9. The average molecular weight is 405 g/mol. The van der Waals surface area contributed by atoms with Crippen molar-refractivity contribution in [3.8, 4) is 5.69 Å². The van der Waals surface area contributed by atoms with Crippen molar-refractivity contribution in [3.05, 3.63) is 29.8 Å². The van der Waals surface area contributed by atoms with Crippen LogP contribution in [0.2, 0.25) is 0 Å². The van der Waals surface area contributed by atoms with Gasteiger partial charge in [-0.15, -0.1) is 5.10 Å². The number of thioether (sulfide) groups is 1. The number of nitrogens with zero attached hydrogens (tertiary/aromatic N) is 6. The van der Waals surface area contributed by atoms with Gasteiger partial charge in [-0.1, -0.05) is 37.7 Å². The summed E-state index contributed by atoms with van der Waals surface area (Å²) in [5.74, 6) is 0.409. The molecule has 2 rings (SSSR count). The zero-order valence-corrected chi connectivity index (χ0v) is 17.9. The molecule has 1 aromatic carbocycles. The second-order valence-electron chi connectivity index (χ2n) is 6.72. The van der Waals surface area contributed by atoms with Gasteiger partial charge in [-0.05, 0) is 47.9 Å². The van der Waals surface area contributed by atoms with Crippen LogP contribution < -0.4 is 0 Å². The predicted molar refractivity (Wildman–Crippen MR) is 110 cm³/mol. The maximum atomic E-state index is 12.4. The van der Waals surface area contributed by atoms with Crippen LogP contribution in [0.4, 0.5) is 0 Å². The summed E-state index contributed by atoms with van der Waals surface area (Å²) in [5.41, 5.74) is 2.08. The molecule has 0 spiro atoms. The molecule has 0 saturated carbocycles. The molecule has 9 heteroatoms. The highest BCUT2D eigenvalue weighted by atomic mass is 32.2. The number of aromatic nitrogens is 4. The first kappa shape index (κ1) is 21.9. The summed E-state index contributed by atoms with van der Waals surface area (Å²) in [5, 5.41) is 12.3. The van der Waals surface area contributed by atoms with E-state index in [1.807, 2.05) is 38.1 Å². The molecule has 1 heterocycles. The molecule has 0 saturated heterocycles. The van der Waals surface area contributed by atoms with Gasteiger partial charge < -0.3 is 9.80 Å². The van der Waals surface area contributed by atoms with E-state index in [1.165, 1.54) is 22.2 Å². The van der Waals surface area contributed by atoms with Gasteiger partial charge in [-0.3, -0.25) is 9.59 Å². The van der Waals surface area contributed by atoms with Crippen molar-refractivity contribution in [1.29, 1.82) is 0 Å². The highest BCUT2D eigenvalue weighted by molar-refractivity contribution is 7.99. The smallest absolute Gasteiger partial charge is 0.242 e. The molecule has 0 aliphatic rings. The number of likely N-dealkylation sites (N-methyl/N-ethyl adjacent to an activating group) is 2. The fraction of sp³-hybridized carbons (Fsp3) is 0.526. The molecular formula is C19H28N6O2S. The molecule has 28 heavy (non-hydrogen) atoms. The first-order chi connectivity index (χ1) is 13.4. The first-order valence-corrected chi connectivity index (χ1v) is 10.4. The molecule has 1 aromatic heterocycles. The van der Waals surface area contributed by atoms with Crippen LogP contribution in [0.25, 0.3) is 5.69 Å². The predicted octanol–water partition coefficient (Wildman–Crippen LogP) is 2.20. The topological polar surface area (TPSA) is 84.2 Å². The Morgan fingerprint density at radius 1 is 1.11 bits per heavy atom. The normalized spacial score (nSPS) is 10.9. The number of carbonyl (C=O) groups excluding carboxylic acids is 2. The minimum absolute atomic E-state index is 0.0547. The number of carbonyl (C=O) groups is 2. The van der Waals surface area contributed by atoms with Gasteiger partial charge >= 0.3 is 0 Å².